The van der Waals surface area contributed by atoms with Crippen LogP contribution < -0.4 is 0 Å². The summed E-state index contributed by atoms with van der Waals surface area (Å²) in [6.07, 6.45) is 11.0. The zero-order chi connectivity index (χ0) is 6.53. The van der Waals surface area contributed by atoms with Gasteiger partial charge in [-0.25, -0.2) is 0 Å². The van der Waals surface area contributed by atoms with Crippen LogP contribution in [0.3, 0.4) is 0 Å². The minimum atomic E-state index is 0.992. The summed E-state index contributed by atoms with van der Waals surface area (Å²) in [6, 6.07) is 0. The molecular weight excluding hydrogens is 132 g/mol. The molecular formula is C8H11Cl. The molecule has 0 fully saturated rings. The van der Waals surface area contributed by atoms with E-state index in [1.165, 1.54) is 19.3 Å². The lowest BCUT2D eigenvalue weighted by Crippen LogP contribution is -1.79. The Labute approximate surface area is 61.2 Å². The Hall–Kier alpha value is -0.230. The predicted octanol–water partition coefficient (Wildman–Crippen LogP) is 3.24. The van der Waals surface area contributed by atoms with Crippen molar-refractivity contribution in [3.8, 4) is 0 Å². The summed E-state index contributed by atoms with van der Waals surface area (Å²) in [7, 11) is 0. The van der Waals surface area contributed by atoms with Gasteiger partial charge < -0.3 is 0 Å². The SMILES string of the molecule is Cl/C1=C/C=C\CCCC1. The largest absolute Gasteiger partial charge is 0.0892 e. The van der Waals surface area contributed by atoms with Crippen molar-refractivity contribution in [2.75, 3.05) is 0 Å². The van der Waals surface area contributed by atoms with E-state index in [-0.39, 0.29) is 0 Å². The van der Waals surface area contributed by atoms with E-state index in [1.807, 2.05) is 12.2 Å². The maximum atomic E-state index is 5.80. The third kappa shape index (κ3) is 2.71. The van der Waals surface area contributed by atoms with Crippen molar-refractivity contribution in [1.29, 1.82) is 0 Å². The predicted molar refractivity (Wildman–Crippen MR) is 41.5 cm³/mol. The summed E-state index contributed by atoms with van der Waals surface area (Å²) < 4.78 is 0. The van der Waals surface area contributed by atoms with Crippen molar-refractivity contribution in [3.63, 3.8) is 0 Å². The zero-order valence-corrected chi connectivity index (χ0v) is 6.19. The fourth-order valence-corrected chi connectivity index (χ4v) is 1.11. The Morgan fingerprint density at radius 3 is 3.11 bits per heavy atom. The highest BCUT2D eigenvalue weighted by atomic mass is 35.5. The normalized spacial score (nSPS) is 29.7. The molecule has 0 aromatic heterocycles. The summed E-state index contributed by atoms with van der Waals surface area (Å²) in [5, 5.41) is 0.992. The Kier molecular flexibility index (Phi) is 2.85. The molecule has 0 bridgehead atoms. The number of hydrogen-bond donors (Lipinski definition) is 0. The van der Waals surface area contributed by atoms with E-state index in [4.69, 9.17) is 11.6 Å². The highest BCUT2D eigenvalue weighted by Gasteiger charge is 1.93. The first kappa shape index (κ1) is 6.88. The Bertz CT molecular complexity index is 134. The number of halogens is 1. The van der Waals surface area contributed by atoms with Crippen LogP contribution in [-0.4, -0.2) is 0 Å². The molecule has 0 radical (unpaired) electrons. The zero-order valence-electron chi connectivity index (χ0n) is 5.44. The molecule has 0 nitrogen and oxygen atoms in total. The van der Waals surface area contributed by atoms with Crippen LogP contribution in [-0.2, 0) is 0 Å². The van der Waals surface area contributed by atoms with E-state index < -0.39 is 0 Å². The van der Waals surface area contributed by atoms with Gasteiger partial charge in [0.05, 0.1) is 0 Å². The third-order valence-corrected chi connectivity index (χ3v) is 1.76. The lowest BCUT2D eigenvalue weighted by Gasteiger charge is -1.99. The molecule has 9 heavy (non-hydrogen) atoms. The smallest absolute Gasteiger partial charge is 0.0180 e. The molecule has 0 heterocycles. The van der Waals surface area contributed by atoms with Gasteiger partial charge in [-0.15, -0.1) is 0 Å². The van der Waals surface area contributed by atoms with Gasteiger partial charge in [0, 0.05) is 5.03 Å². The average molecular weight is 143 g/mol. The Morgan fingerprint density at radius 2 is 2.22 bits per heavy atom. The van der Waals surface area contributed by atoms with Gasteiger partial charge in [-0.3, -0.25) is 0 Å². The Morgan fingerprint density at radius 1 is 1.33 bits per heavy atom. The Balaban J connectivity index is 2.48. The lowest BCUT2D eigenvalue weighted by molar-refractivity contribution is 0.752. The van der Waals surface area contributed by atoms with Gasteiger partial charge >= 0.3 is 0 Å². The van der Waals surface area contributed by atoms with E-state index in [2.05, 4.69) is 6.08 Å². The summed E-state index contributed by atoms with van der Waals surface area (Å²) in [5.74, 6) is 0. The maximum absolute atomic E-state index is 5.80. The number of hydrogen-bond acceptors (Lipinski definition) is 0. The van der Waals surface area contributed by atoms with Crippen LogP contribution >= 0.6 is 11.6 Å². The van der Waals surface area contributed by atoms with E-state index in [1.54, 1.807) is 0 Å². The van der Waals surface area contributed by atoms with Gasteiger partial charge in [0.15, 0.2) is 0 Å². The molecule has 0 aromatic carbocycles. The minimum Gasteiger partial charge on any atom is -0.0892 e. The number of rotatable bonds is 0. The summed E-state index contributed by atoms with van der Waals surface area (Å²) >= 11 is 5.80. The fourth-order valence-electron chi connectivity index (χ4n) is 0.908. The molecule has 0 spiro atoms. The van der Waals surface area contributed by atoms with Crippen LogP contribution in [0.4, 0.5) is 0 Å². The second-order valence-corrected chi connectivity index (χ2v) is 2.77. The molecule has 0 unspecified atom stereocenters. The fraction of sp³-hybridized carbons (Fsp3) is 0.500. The maximum Gasteiger partial charge on any atom is 0.0180 e. The molecule has 0 saturated heterocycles. The molecule has 0 aliphatic heterocycles. The van der Waals surface area contributed by atoms with Crippen LogP contribution in [0.2, 0.25) is 0 Å². The van der Waals surface area contributed by atoms with Crippen LogP contribution in [0, 0.1) is 0 Å². The van der Waals surface area contributed by atoms with Crippen LogP contribution in [0.1, 0.15) is 25.7 Å². The molecule has 0 saturated carbocycles. The molecule has 0 atom stereocenters. The molecule has 0 N–H and O–H groups in total. The van der Waals surface area contributed by atoms with E-state index in [0.717, 1.165) is 11.5 Å². The van der Waals surface area contributed by atoms with Crippen molar-refractivity contribution in [2.24, 2.45) is 0 Å². The molecule has 1 rings (SSSR count). The van der Waals surface area contributed by atoms with Crippen LogP contribution in [0.5, 0.6) is 0 Å². The van der Waals surface area contributed by atoms with E-state index >= 15 is 0 Å². The van der Waals surface area contributed by atoms with Crippen molar-refractivity contribution >= 4 is 11.6 Å². The second kappa shape index (κ2) is 3.73. The monoisotopic (exact) mass is 142 g/mol. The lowest BCUT2D eigenvalue weighted by atomic mass is 10.1. The van der Waals surface area contributed by atoms with Gasteiger partial charge in [-0.2, -0.15) is 0 Å². The minimum absolute atomic E-state index is 0.992. The summed E-state index contributed by atoms with van der Waals surface area (Å²) in [5.41, 5.74) is 0. The van der Waals surface area contributed by atoms with Gasteiger partial charge in [-0.05, 0) is 31.8 Å². The first-order chi connectivity index (χ1) is 4.39. The molecule has 0 amide bonds. The van der Waals surface area contributed by atoms with Gasteiger partial charge in [0.25, 0.3) is 0 Å². The topological polar surface area (TPSA) is 0 Å². The highest BCUT2D eigenvalue weighted by molar-refractivity contribution is 6.29. The van der Waals surface area contributed by atoms with Crippen molar-refractivity contribution in [1.82, 2.24) is 0 Å². The van der Waals surface area contributed by atoms with Crippen molar-refractivity contribution in [2.45, 2.75) is 25.7 Å². The summed E-state index contributed by atoms with van der Waals surface area (Å²) in [4.78, 5) is 0. The number of allylic oxidation sites excluding steroid dienone is 4. The van der Waals surface area contributed by atoms with E-state index in [9.17, 15) is 0 Å². The summed E-state index contributed by atoms with van der Waals surface area (Å²) in [6.45, 7) is 0. The van der Waals surface area contributed by atoms with Gasteiger partial charge in [-0.1, -0.05) is 23.8 Å². The first-order valence-corrected chi connectivity index (χ1v) is 3.78. The van der Waals surface area contributed by atoms with Gasteiger partial charge in [0.1, 0.15) is 0 Å². The highest BCUT2D eigenvalue weighted by Crippen LogP contribution is 2.15. The van der Waals surface area contributed by atoms with Crippen molar-refractivity contribution in [3.05, 3.63) is 23.3 Å². The molecule has 0 aromatic rings. The van der Waals surface area contributed by atoms with Crippen LogP contribution in [0.25, 0.3) is 0 Å². The average Bonchev–Trinajstić information content (AvgIpc) is 1.79. The van der Waals surface area contributed by atoms with Crippen molar-refractivity contribution < 1.29 is 0 Å². The third-order valence-electron chi connectivity index (χ3n) is 1.45. The quantitative estimate of drug-likeness (QED) is 0.487. The molecule has 1 aliphatic rings. The van der Waals surface area contributed by atoms with Gasteiger partial charge in [0.2, 0.25) is 0 Å². The molecule has 50 valence electrons. The molecule has 1 heteroatoms. The van der Waals surface area contributed by atoms with E-state index in [0.29, 0.717) is 0 Å². The first-order valence-electron chi connectivity index (χ1n) is 3.41. The van der Waals surface area contributed by atoms with Crippen LogP contribution in [0.15, 0.2) is 23.3 Å². The second-order valence-electron chi connectivity index (χ2n) is 2.29. The molecule has 1 aliphatic carbocycles. The standard InChI is InChI=1S/C8H11Cl/c9-8-6-4-2-1-3-5-7-8/h2,4,6H,1,3,5,7H2/b4-2-,8-6+.